The van der Waals surface area contributed by atoms with E-state index in [1.54, 1.807) is 14.2 Å². The number of methoxy groups -OCH3 is 2. The molecule has 0 radical (unpaired) electrons. The van der Waals surface area contributed by atoms with Gasteiger partial charge in [-0.1, -0.05) is 44.2 Å². The van der Waals surface area contributed by atoms with Crippen molar-refractivity contribution in [3.05, 3.63) is 70.9 Å². The molecule has 12 heteroatoms. The van der Waals surface area contributed by atoms with Crippen molar-refractivity contribution in [3.8, 4) is 5.75 Å². The zero-order valence-corrected chi connectivity index (χ0v) is 32.5. The third-order valence-electron chi connectivity index (χ3n) is 15.2. The Bertz CT molecular complexity index is 2120. The molecule has 294 valence electrons. The van der Waals surface area contributed by atoms with Gasteiger partial charge in [0.1, 0.15) is 17.3 Å². The number of hydrogen-bond acceptors (Lipinski definition) is 10. The predicted octanol–water partition coefficient (Wildman–Crippen LogP) is 3.33. The van der Waals surface area contributed by atoms with E-state index in [-0.39, 0.29) is 12.0 Å². The molecular weight excluding hydrogens is 700 g/mol. The van der Waals surface area contributed by atoms with Gasteiger partial charge in [0.05, 0.1) is 25.9 Å². The van der Waals surface area contributed by atoms with Crippen molar-refractivity contribution in [1.82, 2.24) is 14.8 Å². The highest BCUT2D eigenvalue weighted by Gasteiger charge is 2.79. The summed E-state index contributed by atoms with van der Waals surface area (Å²) >= 11 is 0. The van der Waals surface area contributed by atoms with Crippen LogP contribution in [0.3, 0.4) is 0 Å². The molecule has 6 heterocycles. The summed E-state index contributed by atoms with van der Waals surface area (Å²) in [5, 5.41) is 48.7. The number of rotatable bonds is 6. The van der Waals surface area contributed by atoms with Gasteiger partial charge in [-0.25, -0.2) is 4.79 Å². The second kappa shape index (κ2) is 12.3. The van der Waals surface area contributed by atoms with Gasteiger partial charge in [0.15, 0.2) is 0 Å². The minimum Gasteiger partial charge on any atom is -0.496 e. The molecule has 2 saturated heterocycles. The van der Waals surface area contributed by atoms with Gasteiger partial charge in [-0.2, -0.15) is 0 Å². The predicted molar refractivity (Wildman–Crippen MR) is 207 cm³/mol. The number of H-pyrrole nitrogens is 1. The van der Waals surface area contributed by atoms with Crippen LogP contribution in [0.15, 0.2) is 48.6 Å². The Morgan fingerprint density at radius 3 is 2.51 bits per heavy atom. The SMILES string of the molecule is CC[C@]1(O)C[C@@H]2CN(CCc3c([nH]c4ccccc34)[C@@](C(=O)OC)(c3cc4c(cc3OC)N(C)[C@@H]3C45CCN4CC=C[C@](CC)([C@H]45)[C@@H](O)[C@]3(O)C(=O)O)C2)C1. The second-order valence-electron chi connectivity index (χ2n) is 17.4. The first kappa shape index (κ1) is 36.7. The molecule has 2 bridgehead atoms. The van der Waals surface area contributed by atoms with Crippen LogP contribution in [-0.2, 0) is 31.6 Å². The Labute approximate surface area is 321 Å². The average molecular weight is 755 g/mol. The molecule has 1 aliphatic carbocycles. The Kier molecular flexibility index (Phi) is 8.19. The van der Waals surface area contributed by atoms with Crippen LogP contribution in [0, 0.1) is 11.3 Å². The van der Waals surface area contributed by atoms with Crippen molar-refractivity contribution in [1.29, 1.82) is 0 Å². The Morgan fingerprint density at radius 1 is 1.02 bits per heavy atom. The van der Waals surface area contributed by atoms with E-state index < -0.39 is 51.5 Å². The number of aliphatic hydroxyl groups excluding tert-OH is 1. The summed E-state index contributed by atoms with van der Waals surface area (Å²) in [7, 11) is 4.80. The fourth-order valence-electron chi connectivity index (χ4n) is 13.0. The van der Waals surface area contributed by atoms with E-state index in [1.807, 2.05) is 55.2 Å². The first-order valence-electron chi connectivity index (χ1n) is 19.9. The number of aliphatic hydroxyl groups is 3. The first-order valence-corrected chi connectivity index (χ1v) is 19.9. The van der Waals surface area contributed by atoms with Crippen LogP contribution in [0.25, 0.3) is 10.9 Å². The molecule has 3 fully saturated rings. The van der Waals surface area contributed by atoms with Crippen LogP contribution in [-0.4, -0.2) is 131 Å². The first-order chi connectivity index (χ1) is 26.3. The van der Waals surface area contributed by atoms with E-state index in [1.165, 1.54) is 7.11 Å². The maximum Gasteiger partial charge on any atom is 0.340 e. The van der Waals surface area contributed by atoms with Crippen LogP contribution < -0.4 is 9.64 Å². The summed E-state index contributed by atoms with van der Waals surface area (Å²) < 4.78 is 12.2. The Balaban J connectivity index is 1.36. The number of piperidine rings is 1. The number of anilines is 1. The van der Waals surface area contributed by atoms with Crippen LogP contribution >= 0.6 is 0 Å². The molecule has 55 heavy (non-hydrogen) atoms. The summed E-state index contributed by atoms with van der Waals surface area (Å²) in [4.78, 5) is 38.9. The van der Waals surface area contributed by atoms with Crippen molar-refractivity contribution >= 4 is 28.5 Å². The molecule has 3 aromatic rings. The monoisotopic (exact) mass is 754 g/mol. The number of carbonyl (C=O) groups is 2. The lowest BCUT2D eigenvalue weighted by Gasteiger charge is -2.62. The number of likely N-dealkylation sites (N-methyl/N-ethyl adjacent to an activating group) is 1. The number of aromatic nitrogens is 1. The molecule has 9 rings (SSSR count). The van der Waals surface area contributed by atoms with E-state index in [0.717, 1.165) is 27.7 Å². The van der Waals surface area contributed by atoms with Gasteiger partial charge in [-0.15, -0.1) is 0 Å². The summed E-state index contributed by atoms with van der Waals surface area (Å²) in [6, 6.07) is 10.7. The lowest BCUT2D eigenvalue weighted by molar-refractivity contribution is -0.215. The fraction of sp³-hybridized carbons (Fsp3) is 0.581. The zero-order chi connectivity index (χ0) is 38.9. The number of para-hydroxylation sites is 1. The Morgan fingerprint density at radius 2 is 1.80 bits per heavy atom. The third-order valence-corrected chi connectivity index (χ3v) is 15.2. The largest absolute Gasteiger partial charge is 0.496 e. The maximum atomic E-state index is 15.2. The molecule has 0 amide bonds. The Hall–Kier alpha value is -3.94. The highest BCUT2D eigenvalue weighted by molar-refractivity contribution is 5.94. The normalized spacial score (nSPS) is 39.0. The summed E-state index contributed by atoms with van der Waals surface area (Å²) in [6.07, 6.45) is 5.39. The van der Waals surface area contributed by atoms with E-state index in [2.05, 4.69) is 26.9 Å². The molecule has 1 saturated carbocycles. The standard InChI is InChI=1S/C43H54N4O8/c1-6-39(52)21-25-22-42(38(51)55-5,33-27(13-17-46(23-25)24-39)26-11-8-9-12-30(26)44-33)29-19-28-31(20-32(29)54-4)45(3)35-41(28)15-18-47-16-10-14-40(7-2,34(41)47)36(48)43(35,53)37(49)50/h8-12,14,19-20,25,34-36,44,48,52-53H,6-7,13,15-18,21-24H2,1-5H3,(H,49,50)/t25-,34-,35+,36+,39-,40+,41?,42-,43-/m0/s1. The summed E-state index contributed by atoms with van der Waals surface area (Å²) in [6.45, 7) is 7.23. The number of aromatic amines is 1. The van der Waals surface area contributed by atoms with Crippen molar-refractivity contribution in [3.63, 3.8) is 0 Å². The van der Waals surface area contributed by atoms with Gasteiger partial charge < -0.3 is 39.8 Å². The number of carbonyl (C=O) groups excluding carboxylic acids is 1. The minimum atomic E-state index is -2.52. The quantitative estimate of drug-likeness (QED) is 0.186. The number of hydrogen-bond donors (Lipinski definition) is 5. The van der Waals surface area contributed by atoms with Crippen molar-refractivity contribution < 1.29 is 39.5 Å². The average Bonchev–Trinajstić information content (AvgIpc) is 3.84. The van der Waals surface area contributed by atoms with Crippen molar-refractivity contribution in [2.24, 2.45) is 11.3 Å². The van der Waals surface area contributed by atoms with Crippen molar-refractivity contribution in [2.75, 3.05) is 58.9 Å². The third kappa shape index (κ3) is 4.51. The molecule has 2 unspecified atom stereocenters. The number of aliphatic carboxylic acids is 1. The van der Waals surface area contributed by atoms with Crippen molar-refractivity contribution in [2.45, 2.75) is 92.6 Å². The number of benzene rings is 2. The smallest absolute Gasteiger partial charge is 0.340 e. The van der Waals surface area contributed by atoms with E-state index in [0.29, 0.717) is 88.2 Å². The zero-order valence-electron chi connectivity index (χ0n) is 32.5. The van der Waals surface area contributed by atoms with Crippen LogP contribution in [0.2, 0.25) is 0 Å². The molecule has 1 aromatic heterocycles. The number of ether oxygens (including phenoxy) is 2. The number of nitrogens with one attached hydrogen (secondary N) is 1. The van der Waals surface area contributed by atoms with E-state index in [9.17, 15) is 25.2 Å². The molecule has 10 atom stereocenters. The number of carboxylic acid groups (broad SMARTS) is 1. The lowest BCUT2D eigenvalue weighted by atomic mass is 9.47. The number of fused-ring (bicyclic) bond motifs is 6. The lowest BCUT2D eigenvalue weighted by Crippen LogP contribution is -2.80. The number of nitrogens with zero attached hydrogens (tertiary/aromatic N) is 3. The number of esters is 1. The summed E-state index contributed by atoms with van der Waals surface area (Å²) in [5.74, 6) is -1.57. The van der Waals surface area contributed by atoms with E-state index in [4.69, 9.17) is 9.47 Å². The topological polar surface area (TPSA) is 159 Å². The van der Waals surface area contributed by atoms with Crippen LogP contribution in [0.1, 0.15) is 68.3 Å². The van der Waals surface area contributed by atoms with Gasteiger partial charge in [0, 0.05) is 84.0 Å². The fourth-order valence-corrected chi connectivity index (χ4v) is 13.0. The van der Waals surface area contributed by atoms with Gasteiger partial charge in [0.25, 0.3) is 0 Å². The van der Waals surface area contributed by atoms with Crippen LogP contribution in [0.4, 0.5) is 5.69 Å². The second-order valence-corrected chi connectivity index (χ2v) is 17.4. The van der Waals surface area contributed by atoms with Gasteiger partial charge in [-0.05, 0) is 74.2 Å². The minimum absolute atomic E-state index is 0.0955. The number of carboxylic acids is 1. The van der Waals surface area contributed by atoms with Crippen LogP contribution in [0.5, 0.6) is 5.75 Å². The van der Waals surface area contributed by atoms with Gasteiger partial charge in [-0.3, -0.25) is 14.6 Å². The molecule has 1 spiro atoms. The van der Waals surface area contributed by atoms with Gasteiger partial charge >= 0.3 is 11.9 Å². The molecule has 12 nitrogen and oxygen atoms in total. The molecular formula is C43H54N4O8. The summed E-state index contributed by atoms with van der Waals surface area (Å²) in [5.41, 5.74) is -2.07. The molecule has 5 aliphatic heterocycles. The van der Waals surface area contributed by atoms with E-state index >= 15 is 4.79 Å². The molecule has 2 aromatic carbocycles. The molecule has 6 aliphatic rings. The van der Waals surface area contributed by atoms with Gasteiger partial charge in [0.2, 0.25) is 5.60 Å². The maximum absolute atomic E-state index is 15.2. The highest BCUT2D eigenvalue weighted by atomic mass is 16.5. The molecule has 5 N–H and O–H groups in total. The highest BCUT2D eigenvalue weighted by Crippen LogP contribution is 2.67.